The highest BCUT2D eigenvalue weighted by Gasteiger charge is 2.37. The zero-order chi connectivity index (χ0) is 14.3. The first-order chi connectivity index (χ1) is 9.63. The Morgan fingerprint density at radius 2 is 1.90 bits per heavy atom. The van der Waals surface area contributed by atoms with Crippen LogP contribution in [0, 0.1) is 5.21 Å². The first kappa shape index (κ1) is 12.9. The molecule has 2 aromatic rings. The Kier molecular flexibility index (Phi) is 3.06. The third kappa shape index (κ3) is 1.82. The van der Waals surface area contributed by atoms with Gasteiger partial charge in [0.2, 0.25) is 5.69 Å². The first-order valence-electron chi connectivity index (χ1n) is 5.95. The quantitative estimate of drug-likeness (QED) is 0.626. The summed E-state index contributed by atoms with van der Waals surface area (Å²) < 4.78 is 6.49. The molecule has 0 radical (unpaired) electrons. The zero-order valence-corrected chi connectivity index (χ0v) is 12.2. The monoisotopic (exact) mass is 331 g/mol. The summed E-state index contributed by atoms with van der Waals surface area (Å²) in [7, 11) is 1.52. The molecule has 0 aliphatic carbocycles. The third-order valence-corrected chi connectivity index (χ3v) is 3.91. The Labute approximate surface area is 124 Å². The van der Waals surface area contributed by atoms with Crippen molar-refractivity contribution in [2.24, 2.45) is 0 Å². The van der Waals surface area contributed by atoms with E-state index >= 15 is 0 Å². The van der Waals surface area contributed by atoms with Crippen molar-refractivity contribution in [1.82, 2.24) is 0 Å². The molecule has 1 aliphatic rings. The van der Waals surface area contributed by atoms with Gasteiger partial charge < -0.3 is 9.94 Å². The molecule has 0 saturated heterocycles. The molecule has 0 N–H and O–H groups in total. The number of nitrogens with zero attached hydrogens (tertiary/aromatic N) is 1. The number of hydrogen-bond acceptors (Lipinski definition) is 3. The second-order valence-corrected chi connectivity index (χ2v) is 5.19. The van der Waals surface area contributed by atoms with Gasteiger partial charge in [-0.15, -0.1) is 0 Å². The molecule has 0 aromatic heterocycles. The lowest BCUT2D eigenvalue weighted by Gasteiger charge is -2.03. The maximum Gasteiger partial charge on any atom is 0.274 e. The fraction of sp³-hybridized carbons (Fsp3) is 0.0667. The lowest BCUT2D eigenvalue weighted by molar-refractivity contribution is -0.355. The van der Waals surface area contributed by atoms with Gasteiger partial charge in [0.1, 0.15) is 11.3 Å². The minimum atomic E-state index is -0.291. The summed E-state index contributed by atoms with van der Waals surface area (Å²) in [4.78, 5) is 12.5. The number of carbonyl (C=O) groups excluding carboxylic acids is 1. The molecule has 3 rings (SSSR count). The SMILES string of the molecule is COc1ccc2c(c1)C(=O)C(c1ccccc1Br)=[N+]2[O-]. The van der Waals surface area contributed by atoms with Crippen LogP contribution in [-0.4, -0.2) is 23.3 Å². The minimum Gasteiger partial charge on any atom is -0.618 e. The molecular weight excluding hydrogens is 322 g/mol. The molecule has 0 amide bonds. The van der Waals surface area contributed by atoms with Crippen LogP contribution >= 0.6 is 15.9 Å². The van der Waals surface area contributed by atoms with E-state index in [2.05, 4.69) is 15.9 Å². The summed E-state index contributed by atoms with van der Waals surface area (Å²) in [5, 5.41) is 12.4. The fourth-order valence-electron chi connectivity index (χ4n) is 2.23. The van der Waals surface area contributed by atoms with Crippen LogP contribution in [0.25, 0.3) is 0 Å². The predicted molar refractivity (Wildman–Crippen MR) is 78.9 cm³/mol. The van der Waals surface area contributed by atoms with Gasteiger partial charge in [-0.3, -0.25) is 4.79 Å². The summed E-state index contributed by atoms with van der Waals surface area (Å²) in [6.07, 6.45) is 0. The van der Waals surface area contributed by atoms with Gasteiger partial charge in [-0.1, -0.05) is 12.1 Å². The van der Waals surface area contributed by atoms with E-state index in [1.54, 1.807) is 36.4 Å². The van der Waals surface area contributed by atoms with Crippen molar-refractivity contribution in [2.45, 2.75) is 0 Å². The molecule has 0 saturated carbocycles. The lowest BCUT2D eigenvalue weighted by atomic mass is 10.0. The number of Topliss-reactive ketones (excluding diaryl/α,β-unsaturated/α-hetero) is 1. The van der Waals surface area contributed by atoms with E-state index in [0.717, 1.165) is 0 Å². The molecule has 0 atom stereocenters. The number of fused-ring (bicyclic) bond motifs is 1. The molecule has 0 bridgehead atoms. The molecule has 1 aliphatic heterocycles. The average Bonchev–Trinajstić information content (AvgIpc) is 2.71. The van der Waals surface area contributed by atoms with Gasteiger partial charge in [-0.05, 0) is 40.2 Å². The van der Waals surface area contributed by atoms with E-state index in [1.165, 1.54) is 7.11 Å². The number of ketones is 1. The van der Waals surface area contributed by atoms with Gasteiger partial charge in [-0.2, -0.15) is 4.74 Å². The molecule has 0 unspecified atom stereocenters. The Morgan fingerprint density at radius 1 is 1.15 bits per heavy atom. The van der Waals surface area contributed by atoms with Crippen molar-refractivity contribution >= 4 is 33.1 Å². The molecule has 1 heterocycles. The van der Waals surface area contributed by atoms with Crippen molar-refractivity contribution in [3.8, 4) is 5.75 Å². The van der Waals surface area contributed by atoms with Crippen molar-refractivity contribution in [1.29, 1.82) is 0 Å². The summed E-state index contributed by atoms with van der Waals surface area (Å²) in [6.45, 7) is 0. The van der Waals surface area contributed by atoms with E-state index in [4.69, 9.17) is 4.74 Å². The van der Waals surface area contributed by atoms with Gasteiger partial charge in [0, 0.05) is 10.5 Å². The number of hydrogen-bond donors (Lipinski definition) is 0. The second-order valence-electron chi connectivity index (χ2n) is 4.34. The van der Waals surface area contributed by atoms with Crippen LogP contribution in [-0.2, 0) is 0 Å². The number of benzene rings is 2. The first-order valence-corrected chi connectivity index (χ1v) is 6.74. The van der Waals surface area contributed by atoms with E-state index in [9.17, 15) is 10.0 Å². The van der Waals surface area contributed by atoms with Crippen LogP contribution in [0.5, 0.6) is 5.75 Å². The zero-order valence-electron chi connectivity index (χ0n) is 10.6. The smallest absolute Gasteiger partial charge is 0.274 e. The Balaban J connectivity index is 2.19. The highest BCUT2D eigenvalue weighted by atomic mass is 79.9. The predicted octanol–water partition coefficient (Wildman–Crippen LogP) is 3.29. The molecule has 2 aromatic carbocycles. The highest BCUT2D eigenvalue weighted by molar-refractivity contribution is 9.10. The second kappa shape index (κ2) is 4.76. The standard InChI is InChI=1S/C15H10BrNO3/c1-20-9-6-7-13-11(8-9)15(18)14(17(13)19)10-4-2-3-5-12(10)16/h2-8H,1H3. The van der Waals surface area contributed by atoms with Crippen molar-refractivity contribution in [2.75, 3.05) is 7.11 Å². The number of rotatable bonds is 2. The Hall–Kier alpha value is -2.14. The van der Waals surface area contributed by atoms with Crippen molar-refractivity contribution in [3.63, 3.8) is 0 Å². The minimum absolute atomic E-state index is 0.126. The summed E-state index contributed by atoms with van der Waals surface area (Å²) in [5.74, 6) is 0.264. The van der Waals surface area contributed by atoms with Crippen LogP contribution in [0.1, 0.15) is 15.9 Å². The molecule has 20 heavy (non-hydrogen) atoms. The van der Waals surface area contributed by atoms with E-state index in [0.29, 0.717) is 31.8 Å². The normalized spacial score (nSPS) is 13.6. The number of methoxy groups -OCH3 is 1. The lowest BCUT2D eigenvalue weighted by Crippen LogP contribution is -2.17. The number of ether oxygens (including phenoxy) is 1. The third-order valence-electron chi connectivity index (χ3n) is 3.21. The summed E-state index contributed by atoms with van der Waals surface area (Å²) in [6, 6.07) is 12.0. The summed E-state index contributed by atoms with van der Waals surface area (Å²) >= 11 is 3.37. The largest absolute Gasteiger partial charge is 0.618 e. The van der Waals surface area contributed by atoms with E-state index in [1.807, 2.05) is 6.07 Å². The maximum absolute atomic E-state index is 12.5. The van der Waals surface area contributed by atoms with Crippen LogP contribution < -0.4 is 4.74 Å². The van der Waals surface area contributed by atoms with Gasteiger partial charge in [0.05, 0.1) is 12.7 Å². The van der Waals surface area contributed by atoms with Crippen LogP contribution in [0.4, 0.5) is 5.69 Å². The molecular formula is C15H10BrNO3. The number of carbonyl (C=O) groups is 1. The van der Waals surface area contributed by atoms with Gasteiger partial charge in [0.15, 0.2) is 0 Å². The topological polar surface area (TPSA) is 52.4 Å². The number of halogens is 1. The van der Waals surface area contributed by atoms with Gasteiger partial charge in [0.25, 0.3) is 11.5 Å². The van der Waals surface area contributed by atoms with Crippen LogP contribution in [0.2, 0.25) is 0 Å². The Morgan fingerprint density at radius 3 is 2.60 bits per heavy atom. The molecule has 100 valence electrons. The maximum atomic E-state index is 12.5. The van der Waals surface area contributed by atoms with Gasteiger partial charge in [-0.25, -0.2) is 0 Å². The van der Waals surface area contributed by atoms with Crippen LogP contribution in [0.3, 0.4) is 0 Å². The van der Waals surface area contributed by atoms with E-state index < -0.39 is 0 Å². The highest BCUT2D eigenvalue weighted by Crippen LogP contribution is 2.32. The molecule has 0 fully saturated rings. The Bertz CT molecular complexity index is 753. The average molecular weight is 332 g/mol. The molecule has 0 spiro atoms. The van der Waals surface area contributed by atoms with Gasteiger partial charge >= 0.3 is 0 Å². The fourth-order valence-corrected chi connectivity index (χ4v) is 2.70. The molecule has 5 heteroatoms. The summed E-state index contributed by atoms with van der Waals surface area (Å²) in [5.41, 5.74) is 1.43. The van der Waals surface area contributed by atoms with Crippen molar-refractivity contribution in [3.05, 3.63) is 63.3 Å². The molecule has 4 nitrogen and oxygen atoms in total. The van der Waals surface area contributed by atoms with Crippen LogP contribution in [0.15, 0.2) is 46.9 Å². The van der Waals surface area contributed by atoms with E-state index in [-0.39, 0.29) is 11.5 Å². The van der Waals surface area contributed by atoms with Crippen molar-refractivity contribution < 1.29 is 14.3 Å².